The first kappa shape index (κ1) is 17.7. The molecular formula is C18H17Cl2N3O3. The van der Waals surface area contributed by atoms with E-state index in [0.717, 1.165) is 0 Å². The fourth-order valence-electron chi connectivity index (χ4n) is 3.85. The van der Waals surface area contributed by atoms with Gasteiger partial charge in [-0.3, -0.25) is 4.79 Å². The Morgan fingerprint density at radius 3 is 2.85 bits per heavy atom. The number of aryl methyl sites for hydroxylation is 1. The van der Waals surface area contributed by atoms with Crippen LogP contribution in [0.15, 0.2) is 30.5 Å². The number of fused-ring (bicyclic) bond motifs is 2. The van der Waals surface area contributed by atoms with Crippen LogP contribution in [0.25, 0.3) is 0 Å². The highest BCUT2D eigenvalue weighted by Crippen LogP contribution is 2.48. The number of nitrogens with one attached hydrogen (secondary N) is 1. The van der Waals surface area contributed by atoms with Crippen molar-refractivity contribution in [3.8, 4) is 0 Å². The van der Waals surface area contributed by atoms with E-state index < -0.39 is 18.1 Å². The van der Waals surface area contributed by atoms with Gasteiger partial charge in [0.05, 0.1) is 40.0 Å². The van der Waals surface area contributed by atoms with Gasteiger partial charge >= 0.3 is 0 Å². The van der Waals surface area contributed by atoms with Gasteiger partial charge in [-0.1, -0.05) is 23.2 Å². The summed E-state index contributed by atoms with van der Waals surface area (Å²) >= 11 is 11.9. The Balaban J connectivity index is 1.62. The summed E-state index contributed by atoms with van der Waals surface area (Å²) in [5.41, 5.74) is 1.27. The van der Waals surface area contributed by atoms with Gasteiger partial charge in [-0.2, -0.15) is 0 Å². The molecule has 1 aromatic heterocycles. The fourth-order valence-corrected chi connectivity index (χ4v) is 4.15. The number of ether oxygens (including phenoxy) is 1. The summed E-state index contributed by atoms with van der Waals surface area (Å²) in [4.78, 5) is 21.5. The van der Waals surface area contributed by atoms with Gasteiger partial charge in [-0.05, 0) is 31.2 Å². The Morgan fingerprint density at radius 1 is 1.31 bits per heavy atom. The summed E-state index contributed by atoms with van der Waals surface area (Å²) in [5, 5.41) is 13.9. The molecule has 4 rings (SSSR count). The van der Waals surface area contributed by atoms with E-state index in [-0.39, 0.29) is 17.9 Å². The van der Waals surface area contributed by atoms with Crippen molar-refractivity contribution in [3.05, 3.63) is 52.0 Å². The van der Waals surface area contributed by atoms with E-state index in [0.29, 0.717) is 33.7 Å². The Hall–Kier alpha value is -1.73. The number of hydrogen-bond donors (Lipinski definition) is 2. The van der Waals surface area contributed by atoms with Gasteiger partial charge in [0.15, 0.2) is 0 Å². The van der Waals surface area contributed by atoms with Gasteiger partial charge in [0.25, 0.3) is 0 Å². The molecule has 1 amide bonds. The van der Waals surface area contributed by atoms with Crippen molar-refractivity contribution >= 4 is 34.8 Å². The molecule has 136 valence electrons. The smallest absolute Gasteiger partial charge is 0.230 e. The Bertz CT molecular complexity index is 863. The quantitative estimate of drug-likeness (QED) is 0.836. The lowest BCUT2D eigenvalue weighted by Crippen LogP contribution is -2.41. The number of halogens is 2. The normalized spacial score (nSPS) is 29.8. The minimum absolute atomic E-state index is 0.191. The van der Waals surface area contributed by atoms with Gasteiger partial charge in [0.2, 0.25) is 5.91 Å². The number of rotatable bonds is 3. The van der Waals surface area contributed by atoms with Crippen LogP contribution in [0.1, 0.15) is 23.9 Å². The average Bonchev–Trinajstić information content (AvgIpc) is 3.15. The number of anilines is 1. The molecule has 3 heterocycles. The van der Waals surface area contributed by atoms with Crippen molar-refractivity contribution in [2.75, 3.05) is 5.32 Å². The highest BCUT2D eigenvalue weighted by Gasteiger charge is 2.57. The first-order valence-electron chi connectivity index (χ1n) is 8.33. The highest BCUT2D eigenvalue weighted by atomic mass is 35.5. The minimum atomic E-state index is -0.603. The van der Waals surface area contributed by atoms with Crippen LogP contribution in [0, 0.1) is 12.8 Å². The van der Waals surface area contributed by atoms with Crippen molar-refractivity contribution < 1.29 is 14.6 Å². The summed E-state index contributed by atoms with van der Waals surface area (Å²) in [6.45, 7) is 1.79. The third-order valence-electron chi connectivity index (χ3n) is 4.96. The number of nitrogens with zero attached hydrogens (tertiary/aromatic N) is 2. The lowest BCUT2D eigenvalue weighted by molar-refractivity contribution is -0.122. The van der Waals surface area contributed by atoms with E-state index in [4.69, 9.17) is 27.9 Å². The van der Waals surface area contributed by atoms with E-state index in [2.05, 4.69) is 15.3 Å². The molecule has 26 heavy (non-hydrogen) atoms. The summed E-state index contributed by atoms with van der Waals surface area (Å²) < 4.78 is 5.89. The van der Waals surface area contributed by atoms with E-state index in [1.807, 2.05) is 0 Å². The van der Waals surface area contributed by atoms with Crippen LogP contribution < -0.4 is 5.32 Å². The number of carbonyl (C=O) groups is 1. The van der Waals surface area contributed by atoms with Crippen molar-refractivity contribution in [3.63, 3.8) is 0 Å². The SMILES string of the molecule is Cc1nccc(C2C3OC(CC3O)C2C(=O)Nc2ccc(Cl)c(Cl)c2)n1. The second-order valence-electron chi connectivity index (χ2n) is 6.64. The molecule has 2 fully saturated rings. The van der Waals surface area contributed by atoms with Crippen LogP contribution in [-0.4, -0.2) is 39.3 Å². The lowest BCUT2D eigenvalue weighted by atomic mass is 9.75. The number of aliphatic hydroxyl groups excluding tert-OH is 1. The van der Waals surface area contributed by atoms with Crippen molar-refractivity contribution in [2.24, 2.45) is 5.92 Å². The summed E-state index contributed by atoms with van der Waals surface area (Å²) in [6.07, 6.45) is 0.695. The second kappa shape index (κ2) is 6.78. The van der Waals surface area contributed by atoms with E-state index in [1.165, 1.54) is 0 Å². The zero-order chi connectivity index (χ0) is 18.4. The first-order valence-corrected chi connectivity index (χ1v) is 9.08. The molecule has 0 saturated carbocycles. The van der Waals surface area contributed by atoms with Crippen molar-refractivity contribution in [2.45, 2.75) is 37.6 Å². The highest BCUT2D eigenvalue weighted by molar-refractivity contribution is 6.42. The van der Waals surface area contributed by atoms with Crippen LogP contribution in [0.4, 0.5) is 5.69 Å². The summed E-state index contributed by atoms with van der Waals surface area (Å²) in [5.74, 6) is -0.354. The van der Waals surface area contributed by atoms with Gasteiger partial charge < -0.3 is 15.2 Å². The number of aromatic nitrogens is 2. The van der Waals surface area contributed by atoms with Crippen LogP contribution in [-0.2, 0) is 9.53 Å². The maximum absolute atomic E-state index is 13.0. The van der Waals surface area contributed by atoms with Crippen LogP contribution in [0.5, 0.6) is 0 Å². The largest absolute Gasteiger partial charge is 0.390 e. The Labute approximate surface area is 160 Å². The molecule has 1 aromatic carbocycles. The minimum Gasteiger partial charge on any atom is -0.390 e. The van der Waals surface area contributed by atoms with Crippen LogP contribution >= 0.6 is 23.2 Å². The maximum atomic E-state index is 13.0. The number of amides is 1. The number of benzene rings is 1. The zero-order valence-corrected chi connectivity index (χ0v) is 15.4. The molecule has 2 aromatic rings. The Morgan fingerprint density at radius 2 is 2.12 bits per heavy atom. The molecule has 2 aliphatic rings. The molecule has 0 spiro atoms. The molecule has 5 atom stereocenters. The number of hydrogen-bond acceptors (Lipinski definition) is 5. The van der Waals surface area contributed by atoms with Crippen LogP contribution in [0.3, 0.4) is 0 Å². The monoisotopic (exact) mass is 393 g/mol. The lowest BCUT2D eigenvalue weighted by Gasteiger charge is -2.29. The van der Waals surface area contributed by atoms with E-state index >= 15 is 0 Å². The standard InChI is InChI=1S/C18H17Cl2N3O3/c1-8-21-5-4-12(22-8)15-16(14-7-13(24)17(15)26-14)18(25)23-9-2-3-10(19)11(20)6-9/h2-6,13-17,24H,7H2,1H3,(H,23,25). The average molecular weight is 394 g/mol. The molecule has 8 heteroatoms. The van der Waals surface area contributed by atoms with Gasteiger partial charge in [-0.25, -0.2) is 9.97 Å². The first-order chi connectivity index (χ1) is 12.4. The summed E-state index contributed by atoms with van der Waals surface area (Å²) in [6, 6.07) is 6.70. The van der Waals surface area contributed by atoms with E-state index in [1.54, 1.807) is 37.4 Å². The molecule has 2 saturated heterocycles. The molecule has 5 unspecified atom stereocenters. The molecule has 0 aliphatic carbocycles. The van der Waals surface area contributed by atoms with Gasteiger partial charge in [0.1, 0.15) is 5.82 Å². The van der Waals surface area contributed by atoms with Gasteiger partial charge in [0, 0.05) is 24.2 Å². The second-order valence-corrected chi connectivity index (χ2v) is 7.46. The van der Waals surface area contributed by atoms with Crippen LogP contribution in [0.2, 0.25) is 10.0 Å². The number of carbonyl (C=O) groups excluding carboxylic acids is 1. The van der Waals surface area contributed by atoms with Crippen molar-refractivity contribution in [1.29, 1.82) is 0 Å². The molecule has 2 N–H and O–H groups in total. The predicted octanol–water partition coefficient (Wildman–Crippen LogP) is 2.96. The molecule has 0 radical (unpaired) electrons. The van der Waals surface area contributed by atoms with Crippen molar-refractivity contribution in [1.82, 2.24) is 9.97 Å². The summed E-state index contributed by atoms with van der Waals surface area (Å²) in [7, 11) is 0. The van der Waals surface area contributed by atoms with Gasteiger partial charge in [-0.15, -0.1) is 0 Å². The molecule has 6 nitrogen and oxygen atoms in total. The topological polar surface area (TPSA) is 84.3 Å². The van der Waals surface area contributed by atoms with E-state index in [9.17, 15) is 9.90 Å². The predicted molar refractivity (Wildman–Crippen MR) is 97.4 cm³/mol. The molecular weight excluding hydrogens is 377 g/mol. The Kier molecular flexibility index (Phi) is 4.61. The third-order valence-corrected chi connectivity index (χ3v) is 5.69. The zero-order valence-electron chi connectivity index (χ0n) is 13.9. The molecule has 2 bridgehead atoms. The molecule has 2 aliphatic heterocycles. The third kappa shape index (κ3) is 3.07. The maximum Gasteiger partial charge on any atom is 0.230 e. The fraction of sp³-hybridized carbons (Fsp3) is 0.389. The number of aliphatic hydroxyl groups is 1.